The van der Waals surface area contributed by atoms with E-state index in [4.69, 9.17) is 0 Å². The SMILES string of the molecule is CCCCNC(=O)CN1CCN(C(=O)c2cc(C3CC3)[nH]n2)CC1. The number of carbonyl (C=O) groups is 2. The molecule has 1 saturated carbocycles. The van der Waals surface area contributed by atoms with Gasteiger partial charge in [-0.3, -0.25) is 19.6 Å². The Morgan fingerprint density at radius 2 is 2.04 bits per heavy atom. The van der Waals surface area contributed by atoms with Gasteiger partial charge in [0.1, 0.15) is 5.69 Å². The predicted molar refractivity (Wildman–Crippen MR) is 90.8 cm³/mol. The second-order valence-electron chi connectivity index (χ2n) is 6.75. The molecule has 1 saturated heterocycles. The predicted octanol–water partition coefficient (Wildman–Crippen LogP) is 0.961. The van der Waals surface area contributed by atoms with Gasteiger partial charge in [0.25, 0.3) is 5.91 Å². The molecule has 7 heteroatoms. The fraction of sp³-hybridized carbons (Fsp3) is 0.706. The maximum Gasteiger partial charge on any atom is 0.274 e. The maximum atomic E-state index is 12.5. The Balaban J connectivity index is 1.42. The monoisotopic (exact) mass is 333 g/mol. The third kappa shape index (κ3) is 4.35. The van der Waals surface area contributed by atoms with Crippen molar-refractivity contribution >= 4 is 11.8 Å². The number of nitrogens with one attached hydrogen (secondary N) is 2. The van der Waals surface area contributed by atoms with E-state index in [9.17, 15) is 9.59 Å². The van der Waals surface area contributed by atoms with Crippen molar-refractivity contribution in [2.75, 3.05) is 39.3 Å². The lowest BCUT2D eigenvalue weighted by Crippen LogP contribution is -2.51. The molecule has 0 radical (unpaired) electrons. The molecule has 3 rings (SSSR count). The Labute approximate surface area is 142 Å². The van der Waals surface area contributed by atoms with Crippen LogP contribution in [-0.2, 0) is 4.79 Å². The van der Waals surface area contributed by atoms with E-state index in [1.54, 1.807) is 0 Å². The van der Waals surface area contributed by atoms with Crippen molar-refractivity contribution in [1.29, 1.82) is 0 Å². The standard InChI is InChI=1S/C17H27N5O2/c1-2-3-6-18-16(23)12-21-7-9-22(10-8-21)17(24)15-11-14(19-20-15)13-4-5-13/h11,13H,2-10,12H2,1H3,(H,18,23)(H,19,20). The molecule has 2 heterocycles. The molecule has 1 aromatic heterocycles. The second-order valence-corrected chi connectivity index (χ2v) is 6.75. The largest absolute Gasteiger partial charge is 0.355 e. The van der Waals surface area contributed by atoms with Gasteiger partial charge in [0.05, 0.1) is 6.54 Å². The first kappa shape index (κ1) is 17.0. The zero-order valence-electron chi connectivity index (χ0n) is 14.4. The van der Waals surface area contributed by atoms with E-state index in [1.165, 1.54) is 12.8 Å². The first-order valence-corrected chi connectivity index (χ1v) is 9.01. The lowest BCUT2D eigenvalue weighted by atomic mass is 10.2. The van der Waals surface area contributed by atoms with Gasteiger partial charge in [-0.05, 0) is 25.3 Å². The van der Waals surface area contributed by atoms with E-state index in [0.29, 0.717) is 31.2 Å². The van der Waals surface area contributed by atoms with Crippen LogP contribution in [0.2, 0.25) is 0 Å². The number of H-pyrrole nitrogens is 1. The van der Waals surface area contributed by atoms with Crippen LogP contribution in [0.25, 0.3) is 0 Å². The van der Waals surface area contributed by atoms with Gasteiger partial charge in [-0.15, -0.1) is 0 Å². The summed E-state index contributed by atoms with van der Waals surface area (Å²) < 4.78 is 0. The normalized spacial score (nSPS) is 18.6. The number of nitrogens with zero attached hydrogens (tertiary/aromatic N) is 3. The van der Waals surface area contributed by atoms with Gasteiger partial charge in [0, 0.05) is 44.3 Å². The summed E-state index contributed by atoms with van der Waals surface area (Å²) in [7, 11) is 0. The Kier molecular flexibility index (Phi) is 5.50. The Morgan fingerprint density at radius 1 is 1.29 bits per heavy atom. The molecule has 24 heavy (non-hydrogen) atoms. The fourth-order valence-electron chi connectivity index (χ4n) is 2.98. The summed E-state index contributed by atoms with van der Waals surface area (Å²) in [6, 6.07) is 1.90. The molecule has 2 amide bonds. The molecule has 2 fully saturated rings. The van der Waals surface area contributed by atoms with E-state index in [1.807, 2.05) is 11.0 Å². The molecule has 1 aromatic rings. The zero-order valence-corrected chi connectivity index (χ0v) is 14.4. The number of hydrogen-bond acceptors (Lipinski definition) is 4. The average molecular weight is 333 g/mol. The molecule has 0 aromatic carbocycles. The van der Waals surface area contributed by atoms with Crippen LogP contribution in [0.4, 0.5) is 0 Å². The number of hydrogen-bond donors (Lipinski definition) is 2. The summed E-state index contributed by atoms with van der Waals surface area (Å²) in [5, 5.41) is 10.1. The molecule has 2 N–H and O–H groups in total. The highest BCUT2D eigenvalue weighted by Crippen LogP contribution is 2.39. The average Bonchev–Trinajstić information content (AvgIpc) is 3.32. The molecule has 132 valence electrons. The lowest BCUT2D eigenvalue weighted by molar-refractivity contribution is -0.122. The first-order chi connectivity index (χ1) is 11.7. The minimum atomic E-state index is -0.00908. The summed E-state index contributed by atoms with van der Waals surface area (Å²) in [6.07, 6.45) is 4.47. The van der Waals surface area contributed by atoms with Crippen molar-refractivity contribution in [2.24, 2.45) is 0 Å². The number of aromatic nitrogens is 2. The summed E-state index contributed by atoms with van der Waals surface area (Å²) >= 11 is 0. The van der Waals surface area contributed by atoms with Crippen molar-refractivity contribution in [3.05, 3.63) is 17.5 Å². The van der Waals surface area contributed by atoms with Gasteiger partial charge >= 0.3 is 0 Å². The zero-order chi connectivity index (χ0) is 16.9. The number of aromatic amines is 1. The van der Waals surface area contributed by atoms with Crippen LogP contribution in [0.5, 0.6) is 0 Å². The first-order valence-electron chi connectivity index (χ1n) is 9.01. The number of piperazine rings is 1. The van der Waals surface area contributed by atoms with Crippen molar-refractivity contribution in [2.45, 2.75) is 38.5 Å². The van der Waals surface area contributed by atoms with E-state index in [2.05, 4.69) is 27.3 Å². The molecule has 1 aliphatic heterocycles. The minimum Gasteiger partial charge on any atom is -0.355 e. The fourth-order valence-corrected chi connectivity index (χ4v) is 2.98. The second kappa shape index (κ2) is 7.79. The lowest BCUT2D eigenvalue weighted by Gasteiger charge is -2.33. The molecule has 0 spiro atoms. The molecule has 2 aliphatic rings. The molecule has 0 bridgehead atoms. The van der Waals surface area contributed by atoms with Crippen LogP contribution in [0.15, 0.2) is 6.07 Å². The quantitative estimate of drug-likeness (QED) is 0.728. The van der Waals surface area contributed by atoms with Crippen LogP contribution in [0.1, 0.15) is 54.7 Å². The summed E-state index contributed by atoms with van der Waals surface area (Å²) in [6.45, 7) is 6.02. The van der Waals surface area contributed by atoms with E-state index < -0.39 is 0 Å². The Hall–Kier alpha value is -1.89. The van der Waals surface area contributed by atoms with Crippen molar-refractivity contribution < 1.29 is 9.59 Å². The van der Waals surface area contributed by atoms with Crippen LogP contribution in [-0.4, -0.2) is 71.1 Å². The van der Waals surface area contributed by atoms with Gasteiger partial charge < -0.3 is 10.2 Å². The summed E-state index contributed by atoms with van der Waals surface area (Å²) in [4.78, 5) is 28.3. The van der Waals surface area contributed by atoms with Crippen molar-refractivity contribution in [3.63, 3.8) is 0 Å². The number of amides is 2. The van der Waals surface area contributed by atoms with E-state index in [0.717, 1.165) is 38.2 Å². The van der Waals surface area contributed by atoms with Gasteiger partial charge in [-0.2, -0.15) is 5.10 Å². The summed E-state index contributed by atoms with van der Waals surface area (Å²) in [5.41, 5.74) is 1.60. The molecule has 1 aliphatic carbocycles. The van der Waals surface area contributed by atoms with Crippen LogP contribution < -0.4 is 5.32 Å². The molecule has 7 nitrogen and oxygen atoms in total. The molecular formula is C17H27N5O2. The highest BCUT2D eigenvalue weighted by Gasteiger charge is 2.29. The van der Waals surface area contributed by atoms with E-state index in [-0.39, 0.29) is 11.8 Å². The molecule has 0 atom stereocenters. The third-order valence-electron chi connectivity index (χ3n) is 4.71. The van der Waals surface area contributed by atoms with Crippen molar-refractivity contribution in [3.8, 4) is 0 Å². The van der Waals surface area contributed by atoms with Gasteiger partial charge in [-0.25, -0.2) is 0 Å². The Bertz CT molecular complexity index is 573. The third-order valence-corrected chi connectivity index (χ3v) is 4.71. The Morgan fingerprint density at radius 3 is 2.71 bits per heavy atom. The topological polar surface area (TPSA) is 81.3 Å². The minimum absolute atomic E-state index is 0.00908. The number of rotatable bonds is 7. The van der Waals surface area contributed by atoms with Gasteiger partial charge in [0.15, 0.2) is 0 Å². The van der Waals surface area contributed by atoms with Crippen LogP contribution in [0.3, 0.4) is 0 Å². The van der Waals surface area contributed by atoms with Gasteiger partial charge in [0.2, 0.25) is 5.91 Å². The highest BCUT2D eigenvalue weighted by molar-refractivity contribution is 5.92. The van der Waals surface area contributed by atoms with Gasteiger partial charge in [-0.1, -0.05) is 13.3 Å². The maximum absolute atomic E-state index is 12.5. The number of unbranched alkanes of at least 4 members (excludes halogenated alkanes) is 1. The van der Waals surface area contributed by atoms with Crippen LogP contribution >= 0.6 is 0 Å². The van der Waals surface area contributed by atoms with E-state index >= 15 is 0 Å². The summed E-state index contributed by atoms with van der Waals surface area (Å²) in [5.74, 6) is 0.636. The number of carbonyl (C=O) groups excluding carboxylic acids is 2. The van der Waals surface area contributed by atoms with Crippen molar-refractivity contribution in [1.82, 2.24) is 25.3 Å². The van der Waals surface area contributed by atoms with Crippen LogP contribution in [0, 0.1) is 0 Å². The smallest absolute Gasteiger partial charge is 0.274 e. The highest BCUT2D eigenvalue weighted by atomic mass is 16.2. The molecular weight excluding hydrogens is 306 g/mol. The molecule has 0 unspecified atom stereocenters.